The van der Waals surface area contributed by atoms with Crippen molar-refractivity contribution in [1.82, 2.24) is 4.90 Å². The molecule has 2 heteroatoms. The molecule has 5 aromatic rings. The first-order chi connectivity index (χ1) is 16.7. The Morgan fingerprint density at radius 2 is 1.18 bits per heavy atom. The Kier molecular flexibility index (Phi) is 5.41. The molecule has 1 aliphatic heterocycles. The number of hydrogen-bond acceptors (Lipinski definition) is 2. The lowest BCUT2D eigenvalue weighted by molar-refractivity contribution is -0.00421. The number of rotatable bonds is 5. The summed E-state index contributed by atoms with van der Waals surface area (Å²) in [6.07, 6.45) is 2.03. The molecular formula is C32H29NO. The number of hydrogen-bond donors (Lipinski definition) is 1. The Morgan fingerprint density at radius 1 is 0.647 bits per heavy atom. The molecule has 0 amide bonds. The molecule has 0 bridgehead atoms. The van der Waals surface area contributed by atoms with E-state index in [1.807, 2.05) is 0 Å². The quantitative estimate of drug-likeness (QED) is 0.320. The van der Waals surface area contributed by atoms with Gasteiger partial charge in [-0.25, -0.2) is 0 Å². The van der Waals surface area contributed by atoms with E-state index in [0.717, 1.165) is 58.6 Å². The first-order valence-electron chi connectivity index (χ1n) is 12.2. The van der Waals surface area contributed by atoms with Gasteiger partial charge in [0, 0.05) is 12.6 Å². The van der Waals surface area contributed by atoms with E-state index in [0.29, 0.717) is 0 Å². The molecule has 6 rings (SSSR count). The molecule has 0 aromatic heterocycles. The second-order valence-corrected chi connectivity index (χ2v) is 9.43. The largest absolute Gasteiger partial charge is 0.379 e. The highest BCUT2D eigenvalue weighted by atomic mass is 16.3. The van der Waals surface area contributed by atoms with Crippen molar-refractivity contribution in [1.29, 1.82) is 0 Å². The summed E-state index contributed by atoms with van der Waals surface area (Å²) in [4.78, 5) is 2.48. The Hall–Kier alpha value is -3.46. The fourth-order valence-electron chi connectivity index (χ4n) is 5.93. The van der Waals surface area contributed by atoms with Crippen molar-refractivity contribution in [3.8, 4) is 0 Å². The van der Waals surface area contributed by atoms with E-state index in [-0.39, 0.29) is 6.04 Å². The molecule has 1 saturated heterocycles. The van der Waals surface area contributed by atoms with Crippen molar-refractivity contribution < 1.29 is 5.11 Å². The van der Waals surface area contributed by atoms with Crippen molar-refractivity contribution >= 4 is 21.5 Å². The molecule has 2 nitrogen and oxygen atoms in total. The maximum atomic E-state index is 13.1. The number of benzene rings is 5. The van der Waals surface area contributed by atoms with E-state index >= 15 is 0 Å². The van der Waals surface area contributed by atoms with Gasteiger partial charge in [0.2, 0.25) is 0 Å². The van der Waals surface area contributed by atoms with Crippen LogP contribution < -0.4 is 0 Å². The van der Waals surface area contributed by atoms with Crippen LogP contribution in [-0.2, 0) is 12.1 Å². The van der Waals surface area contributed by atoms with Crippen molar-refractivity contribution in [2.75, 3.05) is 6.54 Å². The van der Waals surface area contributed by atoms with Gasteiger partial charge in [-0.15, -0.1) is 0 Å². The third kappa shape index (κ3) is 3.51. The molecule has 0 spiro atoms. The van der Waals surface area contributed by atoms with E-state index in [4.69, 9.17) is 0 Å². The minimum absolute atomic E-state index is 0.0238. The van der Waals surface area contributed by atoms with Crippen molar-refractivity contribution in [2.45, 2.75) is 31.0 Å². The molecule has 0 unspecified atom stereocenters. The van der Waals surface area contributed by atoms with Crippen LogP contribution in [0.5, 0.6) is 0 Å². The van der Waals surface area contributed by atoms with Gasteiger partial charge in [-0.1, -0.05) is 115 Å². The average Bonchev–Trinajstić information content (AvgIpc) is 3.37. The lowest BCUT2D eigenvalue weighted by Gasteiger charge is -2.41. The molecular weight excluding hydrogens is 414 g/mol. The van der Waals surface area contributed by atoms with Crippen LogP contribution in [0.3, 0.4) is 0 Å². The molecule has 1 heterocycles. The molecule has 0 saturated carbocycles. The van der Waals surface area contributed by atoms with Gasteiger partial charge in [-0.3, -0.25) is 4.90 Å². The van der Waals surface area contributed by atoms with Crippen LogP contribution in [0.25, 0.3) is 21.5 Å². The minimum atomic E-state index is -1.15. The van der Waals surface area contributed by atoms with Crippen LogP contribution in [0.2, 0.25) is 0 Å². The van der Waals surface area contributed by atoms with Crippen LogP contribution in [0, 0.1) is 0 Å². The summed E-state index contributed by atoms with van der Waals surface area (Å²) < 4.78 is 0. The summed E-state index contributed by atoms with van der Waals surface area (Å²) in [7, 11) is 0. The smallest absolute Gasteiger partial charge is 0.131 e. The van der Waals surface area contributed by atoms with Gasteiger partial charge in [0.15, 0.2) is 0 Å². The van der Waals surface area contributed by atoms with E-state index in [2.05, 4.69) is 120 Å². The van der Waals surface area contributed by atoms with Gasteiger partial charge in [0.1, 0.15) is 5.60 Å². The predicted molar refractivity (Wildman–Crippen MR) is 141 cm³/mol. The first-order valence-corrected chi connectivity index (χ1v) is 12.2. The van der Waals surface area contributed by atoms with E-state index in [9.17, 15) is 5.11 Å². The normalized spacial score (nSPS) is 16.9. The van der Waals surface area contributed by atoms with Crippen molar-refractivity contribution in [3.05, 3.63) is 132 Å². The number of aliphatic hydroxyl groups is 1. The van der Waals surface area contributed by atoms with Gasteiger partial charge < -0.3 is 5.11 Å². The lowest BCUT2D eigenvalue weighted by atomic mass is 9.75. The van der Waals surface area contributed by atoms with Gasteiger partial charge in [-0.2, -0.15) is 0 Å². The molecule has 1 atom stereocenters. The molecule has 0 aliphatic carbocycles. The van der Waals surface area contributed by atoms with Crippen LogP contribution in [-0.4, -0.2) is 22.6 Å². The molecule has 1 aliphatic rings. The molecule has 34 heavy (non-hydrogen) atoms. The van der Waals surface area contributed by atoms with E-state index in [1.54, 1.807) is 0 Å². The van der Waals surface area contributed by atoms with Crippen LogP contribution in [0.4, 0.5) is 0 Å². The van der Waals surface area contributed by atoms with Gasteiger partial charge in [-0.05, 0) is 57.6 Å². The fraction of sp³-hybridized carbons (Fsp3) is 0.188. The van der Waals surface area contributed by atoms with E-state index < -0.39 is 5.60 Å². The third-order valence-corrected chi connectivity index (χ3v) is 7.47. The second-order valence-electron chi connectivity index (χ2n) is 9.43. The summed E-state index contributed by atoms with van der Waals surface area (Å²) in [5.41, 5.74) is 2.12. The standard InChI is InChI=1S/C32H29NO/c34-32(29-19-8-15-25-13-4-6-17-27(25)29,30-20-9-16-26-14-5-7-18-28(26)30)31-21-10-22-33(31)23-24-11-2-1-3-12-24/h1-9,11-20,31,34H,10,21-23H2/t31-/m0/s1. The fourth-order valence-corrected chi connectivity index (χ4v) is 5.93. The molecule has 0 radical (unpaired) electrons. The highest BCUT2D eigenvalue weighted by Crippen LogP contribution is 2.45. The van der Waals surface area contributed by atoms with Gasteiger partial charge in [0.05, 0.1) is 0 Å². The van der Waals surface area contributed by atoms with Crippen LogP contribution in [0.15, 0.2) is 115 Å². The van der Waals surface area contributed by atoms with Gasteiger partial charge in [0.25, 0.3) is 0 Å². The van der Waals surface area contributed by atoms with Gasteiger partial charge >= 0.3 is 0 Å². The molecule has 168 valence electrons. The van der Waals surface area contributed by atoms with Crippen LogP contribution >= 0.6 is 0 Å². The Morgan fingerprint density at radius 3 is 1.79 bits per heavy atom. The maximum absolute atomic E-state index is 13.1. The second kappa shape index (κ2) is 8.72. The Bertz CT molecular complexity index is 1350. The topological polar surface area (TPSA) is 23.5 Å². The van der Waals surface area contributed by atoms with E-state index in [1.165, 1.54) is 5.56 Å². The zero-order chi connectivity index (χ0) is 23.0. The lowest BCUT2D eigenvalue weighted by Crippen LogP contribution is -2.48. The molecule has 1 N–H and O–H groups in total. The number of fused-ring (bicyclic) bond motifs is 2. The monoisotopic (exact) mass is 443 g/mol. The summed E-state index contributed by atoms with van der Waals surface area (Å²) in [5.74, 6) is 0. The maximum Gasteiger partial charge on any atom is 0.131 e. The SMILES string of the molecule is OC(c1cccc2ccccc12)(c1cccc2ccccc12)[C@@H]1CCCN1Cc1ccccc1. The highest BCUT2D eigenvalue weighted by Gasteiger charge is 2.46. The van der Waals surface area contributed by atoms with Crippen molar-refractivity contribution in [3.63, 3.8) is 0 Å². The first kappa shape index (κ1) is 21.1. The summed E-state index contributed by atoms with van der Waals surface area (Å²) >= 11 is 0. The Balaban J connectivity index is 1.59. The highest BCUT2D eigenvalue weighted by molar-refractivity contribution is 5.91. The predicted octanol–water partition coefficient (Wildman–Crippen LogP) is 6.89. The van der Waals surface area contributed by atoms with Crippen LogP contribution in [0.1, 0.15) is 29.5 Å². The zero-order valence-electron chi connectivity index (χ0n) is 19.3. The van der Waals surface area contributed by atoms with Crippen molar-refractivity contribution in [2.24, 2.45) is 0 Å². The third-order valence-electron chi connectivity index (χ3n) is 7.47. The summed E-state index contributed by atoms with van der Waals surface area (Å²) in [6, 6.07) is 40.2. The number of likely N-dealkylation sites (tertiary alicyclic amines) is 1. The minimum Gasteiger partial charge on any atom is -0.379 e. The average molecular weight is 444 g/mol. The summed E-state index contributed by atoms with van der Waals surface area (Å²) in [6.45, 7) is 1.82. The Labute approximate surface area is 201 Å². The number of nitrogens with zero attached hydrogens (tertiary/aromatic N) is 1. The molecule has 5 aromatic carbocycles. The molecule has 1 fully saturated rings. The zero-order valence-corrected chi connectivity index (χ0v) is 19.3. The summed E-state index contributed by atoms with van der Waals surface area (Å²) in [5, 5.41) is 17.6.